The first-order valence-corrected chi connectivity index (χ1v) is 6.28. The Morgan fingerprint density at radius 3 is 2.08 bits per heavy atom. The maximum absolute atomic E-state index is 11.0. The van der Waals surface area contributed by atoms with Gasteiger partial charge in [-0.2, -0.15) is 0 Å². The third-order valence-corrected chi connectivity index (χ3v) is 4.07. The predicted octanol–water partition coefficient (Wildman–Crippen LogP) is 0.148. The summed E-state index contributed by atoms with van der Waals surface area (Å²) in [5.41, 5.74) is 0. The van der Waals surface area contributed by atoms with Crippen LogP contribution in [0.5, 0.6) is 0 Å². The fraction of sp³-hybridized carbons (Fsp3) is 1.00. The highest BCUT2D eigenvalue weighted by molar-refractivity contribution is 7.89. The van der Waals surface area contributed by atoms with Crippen LogP contribution in [-0.4, -0.2) is 37.7 Å². The lowest BCUT2D eigenvalue weighted by molar-refractivity contribution is 0.186. The standard InChI is InChI=1S/C8H18N2O2S/c1-7(2)10-5-3-8(4-6-10)13(9,11)12/h7-8H,3-6H2,1-2H3,(H2,9,11,12). The second-order valence-corrected chi connectivity index (χ2v) is 5.76. The Balaban J connectivity index is 2.49. The summed E-state index contributed by atoms with van der Waals surface area (Å²) >= 11 is 0. The minimum absolute atomic E-state index is 0.317. The Labute approximate surface area is 80.1 Å². The summed E-state index contributed by atoms with van der Waals surface area (Å²) in [7, 11) is -3.30. The normalized spacial score (nSPS) is 22.5. The Bertz CT molecular complexity index is 253. The molecule has 1 heterocycles. The molecule has 0 unspecified atom stereocenters. The minimum atomic E-state index is -3.30. The number of primary sulfonamides is 1. The van der Waals surface area contributed by atoms with Crippen LogP contribution in [0.1, 0.15) is 26.7 Å². The SMILES string of the molecule is CC(C)N1CCC(S(N)(=O)=O)CC1. The molecule has 4 nitrogen and oxygen atoms in total. The third kappa shape index (κ3) is 2.93. The van der Waals surface area contributed by atoms with E-state index in [1.54, 1.807) is 0 Å². The zero-order valence-electron chi connectivity index (χ0n) is 8.23. The molecule has 1 fully saturated rings. The van der Waals surface area contributed by atoms with E-state index in [9.17, 15) is 8.42 Å². The molecular weight excluding hydrogens is 188 g/mol. The molecule has 5 heteroatoms. The van der Waals surface area contributed by atoms with E-state index < -0.39 is 10.0 Å². The van der Waals surface area contributed by atoms with Gasteiger partial charge < -0.3 is 4.90 Å². The molecule has 0 bridgehead atoms. The number of rotatable bonds is 2. The van der Waals surface area contributed by atoms with Gasteiger partial charge in [0.15, 0.2) is 0 Å². The van der Waals surface area contributed by atoms with Crippen LogP contribution in [0.25, 0.3) is 0 Å². The smallest absolute Gasteiger partial charge is 0.212 e. The summed E-state index contributed by atoms with van der Waals surface area (Å²) in [5.74, 6) is 0. The van der Waals surface area contributed by atoms with Gasteiger partial charge in [-0.1, -0.05) is 0 Å². The quantitative estimate of drug-likeness (QED) is 0.699. The van der Waals surface area contributed by atoms with E-state index >= 15 is 0 Å². The second kappa shape index (κ2) is 3.94. The van der Waals surface area contributed by atoms with Crippen molar-refractivity contribution in [2.24, 2.45) is 5.14 Å². The van der Waals surface area contributed by atoms with Crippen molar-refractivity contribution in [3.05, 3.63) is 0 Å². The molecule has 0 aromatic rings. The van der Waals surface area contributed by atoms with E-state index in [-0.39, 0.29) is 5.25 Å². The van der Waals surface area contributed by atoms with Gasteiger partial charge >= 0.3 is 0 Å². The fourth-order valence-corrected chi connectivity index (χ4v) is 2.59. The van der Waals surface area contributed by atoms with Crippen molar-refractivity contribution in [1.29, 1.82) is 0 Å². The Kier molecular flexibility index (Phi) is 3.32. The van der Waals surface area contributed by atoms with Gasteiger partial charge in [-0.3, -0.25) is 0 Å². The van der Waals surface area contributed by atoms with E-state index in [1.807, 2.05) is 0 Å². The van der Waals surface area contributed by atoms with Crippen LogP contribution in [0.2, 0.25) is 0 Å². The van der Waals surface area contributed by atoms with E-state index in [0.29, 0.717) is 18.9 Å². The summed E-state index contributed by atoms with van der Waals surface area (Å²) in [4.78, 5) is 2.28. The van der Waals surface area contributed by atoms with Gasteiger partial charge in [-0.05, 0) is 39.8 Å². The van der Waals surface area contributed by atoms with Crippen LogP contribution in [0, 0.1) is 0 Å². The fourth-order valence-electron chi connectivity index (χ4n) is 1.72. The van der Waals surface area contributed by atoms with Gasteiger partial charge in [0.25, 0.3) is 0 Å². The number of nitrogens with two attached hydrogens (primary N) is 1. The van der Waals surface area contributed by atoms with E-state index in [4.69, 9.17) is 5.14 Å². The highest BCUT2D eigenvalue weighted by Gasteiger charge is 2.27. The molecule has 1 rings (SSSR count). The number of piperidine rings is 1. The van der Waals surface area contributed by atoms with Crippen molar-refractivity contribution in [2.75, 3.05) is 13.1 Å². The molecule has 0 aliphatic carbocycles. The van der Waals surface area contributed by atoms with Crippen LogP contribution in [0.4, 0.5) is 0 Å². The summed E-state index contributed by atoms with van der Waals surface area (Å²) < 4.78 is 22.0. The summed E-state index contributed by atoms with van der Waals surface area (Å²) in [5, 5.41) is 4.77. The van der Waals surface area contributed by atoms with Gasteiger partial charge in [0, 0.05) is 6.04 Å². The first-order valence-electron chi connectivity index (χ1n) is 4.67. The van der Waals surface area contributed by atoms with Crippen LogP contribution in [0.15, 0.2) is 0 Å². The van der Waals surface area contributed by atoms with Gasteiger partial charge in [0.1, 0.15) is 0 Å². The molecule has 2 N–H and O–H groups in total. The molecule has 0 aromatic heterocycles. The summed E-state index contributed by atoms with van der Waals surface area (Å²) in [6.45, 7) is 5.94. The van der Waals surface area contributed by atoms with E-state index in [0.717, 1.165) is 13.1 Å². The second-order valence-electron chi connectivity index (χ2n) is 3.92. The lowest BCUT2D eigenvalue weighted by Crippen LogP contribution is -2.44. The molecule has 1 aliphatic rings. The predicted molar refractivity (Wildman–Crippen MR) is 52.8 cm³/mol. The number of hydrogen-bond donors (Lipinski definition) is 1. The lowest BCUT2D eigenvalue weighted by Gasteiger charge is -2.33. The van der Waals surface area contributed by atoms with Crippen molar-refractivity contribution in [3.63, 3.8) is 0 Å². The van der Waals surface area contributed by atoms with Crippen LogP contribution in [0.3, 0.4) is 0 Å². The number of sulfonamides is 1. The molecule has 1 saturated heterocycles. The Hall–Kier alpha value is -0.130. The molecule has 13 heavy (non-hydrogen) atoms. The minimum Gasteiger partial charge on any atom is -0.301 e. The number of hydrogen-bond acceptors (Lipinski definition) is 3. The van der Waals surface area contributed by atoms with Crippen molar-refractivity contribution in [1.82, 2.24) is 4.90 Å². The molecule has 0 radical (unpaired) electrons. The number of nitrogens with zero attached hydrogens (tertiary/aromatic N) is 1. The monoisotopic (exact) mass is 206 g/mol. The van der Waals surface area contributed by atoms with Gasteiger partial charge in [0.05, 0.1) is 5.25 Å². The van der Waals surface area contributed by atoms with E-state index in [1.165, 1.54) is 0 Å². The maximum atomic E-state index is 11.0. The Morgan fingerprint density at radius 1 is 1.31 bits per heavy atom. The molecule has 78 valence electrons. The van der Waals surface area contributed by atoms with Crippen LogP contribution in [-0.2, 0) is 10.0 Å². The van der Waals surface area contributed by atoms with Crippen molar-refractivity contribution < 1.29 is 8.42 Å². The Morgan fingerprint density at radius 2 is 1.77 bits per heavy atom. The van der Waals surface area contributed by atoms with Gasteiger partial charge in [-0.25, -0.2) is 13.6 Å². The van der Waals surface area contributed by atoms with Crippen molar-refractivity contribution >= 4 is 10.0 Å². The molecule has 0 atom stereocenters. The van der Waals surface area contributed by atoms with E-state index in [2.05, 4.69) is 18.7 Å². The average molecular weight is 206 g/mol. The van der Waals surface area contributed by atoms with Gasteiger partial charge in [-0.15, -0.1) is 0 Å². The first-order chi connectivity index (χ1) is 5.91. The number of likely N-dealkylation sites (tertiary alicyclic amines) is 1. The first kappa shape index (κ1) is 10.9. The maximum Gasteiger partial charge on any atom is 0.212 e. The molecule has 0 amide bonds. The molecule has 0 aromatic carbocycles. The highest BCUT2D eigenvalue weighted by atomic mass is 32.2. The average Bonchev–Trinajstić information content (AvgIpc) is 2.03. The molecule has 0 spiro atoms. The molecular formula is C8H18N2O2S. The summed E-state index contributed by atoms with van der Waals surface area (Å²) in [6, 6.07) is 0.501. The van der Waals surface area contributed by atoms with Crippen molar-refractivity contribution in [2.45, 2.75) is 38.0 Å². The zero-order chi connectivity index (χ0) is 10.1. The zero-order valence-corrected chi connectivity index (χ0v) is 9.05. The molecule has 0 saturated carbocycles. The lowest BCUT2D eigenvalue weighted by atomic mass is 10.1. The summed E-state index contributed by atoms with van der Waals surface area (Å²) in [6.07, 6.45) is 1.36. The highest BCUT2D eigenvalue weighted by Crippen LogP contribution is 2.17. The third-order valence-electron chi connectivity index (χ3n) is 2.67. The van der Waals surface area contributed by atoms with Gasteiger partial charge in [0.2, 0.25) is 10.0 Å². The van der Waals surface area contributed by atoms with Crippen molar-refractivity contribution in [3.8, 4) is 0 Å². The van der Waals surface area contributed by atoms with Crippen LogP contribution < -0.4 is 5.14 Å². The largest absolute Gasteiger partial charge is 0.301 e. The van der Waals surface area contributed by atoms with Crippen LogP contribution >= 0.6 is 0 Å². The topological polar surface area (TPSA) is 63.4 Å². The molecule has 1 aliphatic heterocycles.